The number of esters is 1. The second-order valence-corrected chi connectivity index (χ2v) is 11.0. The Balaban J connectivity index is 1.68. The number of thiazole rings is 1. The van der Waals surface area contributed by atoms with Crippen molar-refractivity contribution in [1.29, 1.82) is 0 Å². The number of non-ortho nitro benzene ring substituents is 1. The number of rotatable bonds is 7. The first-order chi connectivity index (χ1) is 19.6. The molecule has 1 N–H and O–H groups in total. The molecule has 2 aromatic heterocycles. The van der Waals surface area contributed by atoms with Crippen molar-refractivity contribution in [3.05, 3.63) is 104 Å². The van der Waals surface area contributed by atoms with Gasteiger partial charge >= 0.3 is 5.97 Å². The Morgan fingerprint density at radius 1 is 1.29 bits per heavy atom. The molecule has 0 fully saturated rings. The molecule has 13 heteroatoms. The number of benzene rings is 2. The molecule has 0 amide bonds. The number of nitro benzene ring substituents is 1. The molecule has 1 atom stereocenters. The Morgan fingerprint density at radius 3 is 2.78 bits per heavy atom. The van der Waals surface area contributed by atoms with Crippen LogP contribution in [-0.2, 0) is 9.53 Å². The summed E-state index contributed by atoms with van der Waals surface area (Å²) in [6.07, 6.45) is 1.66. The van der Waals surface area contributed by atoms with Crippen molar-refractivity contribution in [2.45, 2.75) is 19.9 Å². The van der Waals surface area contributed by atoms with E-state index in [1.54, 1.807) is 56.3 Å². The summed E-state index contributed by atoms with van der Waals surface area (Å²) in [5.74, 6) is 0.211. The highest BCUT2D eigenvalue weighted by atomic mass is 127. The Bertz CT molecular complexity index is 1920. The molecule has 11 nitrogen and oxygen atoms in total. The van der Waals surface area contributed by atoms with Gasteiger partial charge in [-0.05, 0) is 72.3 Å². The number of furan rings is 1. The van der Waals surface area contributed by atoms with E-state index in [4.69, 9.17) is 13.9 Å². The fraction of sp³-hybridized carbons (Fsp3) is 0.179. The molecule has 5 rings (SSSR count). The van der Waals surface area contributed by atoms with Crippen molar-refractivity contribution in [2.24, 2.45) is 4.99 Å². The van der Waals surface area contributed by atoms with E-state index in [0.717, 1.165) is 11.3 Å². The van der Waals surface area contributed by atoms with Crippen molar-refractivity contribution in [1.82, 2.24) is 4.57 Å². The number of allylic oxidation sites excluding steroid dienone is 1. The number of phenols is 1. The number of nitro groups is 1. The van der Waals surface area contributed by atoms with Gasteiger partial charge in [-0.25, -0.2) is 9.79 Å². The quantitative estimate of drug-likeness (QED) is 0.131. The monoisotopic (exact) mass is 687 g/mol. The lowest BCUT2D eigenvalue weighted by Crippen LogP contribution is -2.39. The number of aromatic nitrogens is 1. The van der Waals surface area contributed by atoms with Gasteiger partial charge in [-0.15, -0.1) is 0 Å². The molecule has 0 unspecified atom stereocenters. The van der Waals surface area contributed by atoms with Crippen LogP contribution in [-0.4, -0.2) is 34.3 Å². The number of carbonyl (C=O) groups is 1. The van der Waals surface area contributed by atoms with Gasteiger partial charge in [-0.2, -0.15) is 0 Å². The Morgan fingerprint density at radius 2 is 2.07 bits per heavy atom. The van der Waals surface area contributed by atoms with Gasteiger partial charge in [0.05, 0.1) is 38.0 Å². The molecule has 0 saturated carbocycles. The number of ether oxygens (including phenoxy) is 2. The molecule has 1 aliphatic heterocycles. The lowest BCUT2D eigenvalue weighted by Gasteiger charge is -2.22. The van der Waals surface area contributed by atoms with Gasteiger partial charge in [0.25, 0.3) is 11.2 Å². The largest absolute Gasteiger partial charge is 0.504 e. The highest BCUT2D eigenvalue weighted by Gasteiger charge is 2.35. The SMILES string of the molecule is CCOC(=O)C1=C(C)N=c2s/c(=C\c3cc(I)c(O)c(OC)c3)c(=O)n2[C@@H]1c1ccc(-c2cccc([N+](=O)[O-])c2)o1. The number of methoxy groups -OCH3 is 1. The predicted octanol–water partition coefficient (Wildman–Crippen LogP) is 4.29. The van der Waals surface area contributed by atoms with E-state index < -0.39 is 22.5 Å². The van der Waals surface area contributed by atoms with E-state index in [0.29, 0.717) is 35.5 Å². The molecular formula is C28H22IN3O8S. The standard InChI is InChI=1S/C28H22IN3O8S/c1-4-39-27(35)23-14(2)30-28-31(26(34)22(41-28)12-15-10-18(29)25(33)21(11-15)38-3)24(23)20-9-8-19(40-20)16-6-5-7-17(13-16)32(36)37/h5-13,24,33H,4H2,1-3H3/b22-12-/t24-/m1/s1. The molecule has 2 aromatic carbocycles. The van der Waals surface area contributed by atoms with Gasteiger partial charge in [0, 0.05) is 17.7 Å². The molecule has 0 spiro atoms. The molecule has 4 aromatic rings. The van der Waals surface area contributed by atoms with Crippen molar-refractivity contribution < 1.29 is 28.7 Å². The van der Waals surface area contributed by atoms with Crippen LogP contribution < -0.4 is 19.6 Å². The smallest absolute Gasteiger partial charge is 0.338 e. The van der Waals surface area contributed by atoms with Gasteiger partial charge in [0.15, 0.2) is 16.3 Å². The van der Waals surface area contributed by atoms with Crippen LogP contribution in [0.1, 0.15) is 31.2 Å². The molecule has 0 bridgehead atoms. The number of hydrogen-bond acceptors (Lipinski definition) is 10. The van der Waals surface area contributed by atoms with E-state index in [1.165, 1.54) is 23.8 Å². The van der Waals surface area contributed by atoms with Crippen LogP contribution in [0, 0.1) is 13.7 Å². The minimum Gasteiger partial charge on any atom is -0.504 e. The number of aromatic hydroxyl groups is 1. The third-order valence-corrected chi connectivity index (χ3v) is 8.13. The molecule has 0 radical (unpaired) electrons. The van der Waals surface area contributed by atoms with Gasteiger partial charge in [-0.1, -0.05) is 23.5 Å². The van der Waals surface area contributed by atoms with E-state index >= 15 is 0 Å². The fourth-order valence-electron chi connectivity index (χ4n) is 4.47. The number of carbonyl (C=O) groups excluding carboxylic acids is 1. The average Bonchev–Trinajstić information content (AvgIpc) is 3.55. The maximum absolute atomic E-state index is 13.8. The lowest BCUT2D eigenvalue weighted by molar-refractivity contribution is -0.384. The first-order valence-electron chi connectivity index (χ1n) is 12.2. The molecule has 41 heavy (non-hydrogen) atoms. The summed E-state index contributed by atoms with van der Waals surface area (Å²) in [5, 5.41) is 21.5. The average molecular weight is 687 g/mol. The van der Waals surface area contributed by atoms with Crippen molar-refractivity contribution in [3.63, 3.8) is 0 Å². The van der Waals surface area contributed by atoms with Gasteiger partial charge in [-0.3, -0.25) is 19.5 Å². The van der Waals surface area contributed by atoms with E-state index in [9.17, 15) is 24.8 Å². The highest BCUT2D eigenvalue weighted by molar-refractivity contribution is 14.1. The first-order valence-corrected chi connectivity index (χ1v) is 14.1. The molecule has 0 saturated heterocycles. The zero-order valence-electron chi connectivity index (χ0n) is 21.9. The summed E-state index contributed by atoms with van der Waals surface area (Å²) in [7, 11) is 1.44. The molecule has 1 aliphatic rings. The van der Waals surface area contributed by atoms with Gasteiger partial charge in [0.2, 0.25) is 0 Å². The summed E-state index contributed by atoms with van der Waals surface area (Å²) >= 11 is 3.11. The maximum atomic E-state index is 13.8. The van der Waals surface area contributed by atoms with Crippen LogP contribution in [0.15, 0.2) is 74.0 Å². The van der Waals surface area contributed by atoms with Crippen molar-refractivity contribution >= 4 is 51.7 Å². The minimum atomic E-state index is -0.991. The van der Waals surface area contributed by atoms with E-state index in [2.05, 4.69) is 4.99 Å². The molecule has 0 aliphatic carbocycles. The summed E-state index contributed by atoms with van der Waals surface area (Å²) < 4.78 is 19.0. The minimum absolute atomic E-state index is 0.00113. The van der Waals surface area contributed by atoms with Gasteiger partial charge < -0.3 is 19.0 Å². The normalized spacial score (nSPS) is 14.9. The first kappa shape index (κ1) is 28.3. The number of hydrogen-bond donors (Lipinski definition) is 1. The summed E-state index contributed by atoms with van der Waals surface area (Å²) in [5.41, 5.74) is 1.09. The zero-order valence-corrected chi connectivity index (χ0v) is 24.9. The third-order valence-electron chi connectivity index (χ3n) is 6.32. The van der Waals surface area contributed by atoms with Crippen LogP contribution in [0.25, 0.3) is 17.4 Å². The Hall–Kier alpha value is -4.24. The third kappa shape index (κ3) is 5.29. The van der Waals surface area contributed by atoms with Crippen LogP contribution in [0.2, 0.25) is 0 Å². The topological polar surface area (TPSA) is 146 Å². The molecule has 210 valence electrons. The number of fused-ring (bicyclic) bond motifs is 1. The second-order valence-electron chi connectivity index (χ2n) is 8.87. The summed E-state index contributed by atoms with van der Waals surface area (Å²) in [4.78, 5) is 42.7. The predicted molar refractivity (Wildman–Crippen MR) is 159 cm³/mol. The van der Waals surface area contributed by atoms with Gasteiger partial charge in [0.1, 0.15) is 17.6 Å². The van der Waals surface area contributed by atoms with Crippen LogP contribution in [0.3, 0.4) is 0 Å². The van der Waals surface area contributed by atoms with Crippen LogP contribution in [0.5, 0.6) is 11.5 Å². The van der Waals surface area contributed by atoms with Crippen LogP contribution in [0.4, 0.5) is 5.69 Å². The number of nitrogens with zero attached hydrogens (tertiary/aromatic N) is 3. The Kier molecular flexibility index (Phi) is 7.82. The Labute approximate surface area is 250 Å². The van der Waals surface area contributed by atoms with Crippen molar-refractivity contribution in [3.8, 4) is 22.8 Å². The van der Waals surface area contributed by atoms with Crippen molar-refractivity contribution in [2.75, 3.05) is 13.7 Å². The second kappa shape index (κ2) is 11.3. The molecule has 3 heterocycles. The summed E-state index contributed by atoms with van der Waals surface area (Å²) in [6, 6.07) is 11.6. The van der Waals surface area contributed by atoms with E-state index in [-0.39, 0.29) is 35.1 Å². The van der Waals surface area contributed by atoms with E-state index in [1.807, 2.05) is 22.6 Å². The summed E-state index contributed by atoms with van der Waals surface area (Å²) in [6.45, 7) is 3.46. The zero-order chi connectivity index (χ0) is 29.4. The maximum Gasteiger partial charge on any atom is 0.338 e. The van der Waals surface area contributed by atoms with Crippen LogP contribution >= 0.6 is 33.9 Å². The number of halogens is 1. The fourth-order valence-corrected chi connectivity index (χ4v) is 6.14. The lowest BCUT2D eigenvalue weighted by atomic mass is 10.0. The molecular weight excluding hydrogens is 665 g/mol. The number of phenolic OH excluding ortho intramolecular Hbond substituents is 1. The highest BCUT2D eigenvalue weighted by Crippen LogP contribution is 2.35.